The summed E-state index contributed by atoms with van der Waals surface area (Å²) in [7, 11) is 0. The zero-order chi connectivity index (χ0) is 12.6. The van der Waals surface area contributed by atoms with Gasteiger partial charge in [0.05, 0.1) is 22.0 Å². The highest BCUT2D eigenvalue weighted by atomic mass is 16.6. The number of hydrogen-bond acceptors (Lipinski definition) is 4. The summed E-state index contributed by atoms with van der Waals surface area (Å²) < 4.78 is 1.61. The van der Waals surface area contributed by atoms with Crippen LogP contribution in [0.2, 0.25) is 0 Å². The summed E-state index contributed by atoms with van der Waals surface area (Å²) in [5, 5.41) is 15.0. The van der Waals surface area contributed by atoms with Crippen molar-refractivity contribution in [2.45, 2.75) is 13.8 Å². The Morgan fingerprint density at radius 2 is 2.06 bits per heavy atom. The molecule has 6 heteroatoms. The van der Waals surface area contributed by atoms with Crippen molar-refractivity contribution >= 4 is 11.4 Å². The van der Waals surface area contributed by atoms with E-state index in [9.17, 15) is 10.1 Å². The Morgan fingerprint density at radius 3 is 2.59 bits per heavy atom. The molecule has 0 amide bonds. The largest absolute Gasteiger partial charge is 0.397 e. The Kier molecular flexibility index (Phi) is 2.55. The van der Waals surface area contributed by atoms with Gasteiger partial charge in [0, 0.05) is 17.8 Å². The molecule has 0 unspecified atom stereocenters. The predicted octanol–water partition coefficient (Wildman–Crippen LogP) is 1.98. The zero-order valence-corrected chi connectivity index (χ0v) is 9.54. The lowest BCUT2D eigenvalue weighted by Gasteiger charge is -2.07. The number of nitrogen functional groups attached to an aromatic ring is 1. The first-order chi connectivity index (χ1) is 7.99. The Labute approximate surface area is 97.8 Å². The minimum atomic E-state index is -0.450. The van der Waals surface area contributed by atoms with Gasteiger partial charge in [0.2, 0.25) is 0 Å². The summed E-state index contributed by atoms with van der Waals surface area (Å²) in [5.74, 6) is 0. The SMILES string of the molecule is Cc1cc(C)n(-c2cc([N+](=O)[O-])ccc2N)n1. The normalized spacial score (nSPS) is 10.5. The molecule has 1 aromatic heterocycles. The molecular formula is C11H12N4O2. The van der Waals surface area contributed by atoms with Crippen molar-refractivity contribution in [1.29, 1.82) is 0 Å². The highest BCUT2D eigenvalue weighted by Crippen LogP contribution is 2.24. The van der Waals surface area contributed by atoms with E-state index in [1.54, 1.807) is 4.68 Å². The molecule has 0 fully saturated rings. The lowest BCUT2D eigenvalue weighted by atomic mass is 10.2. The van der Waals surface area contributed by atoms with Gasteiger partial charge in [-0.1, -0.05) is 0 Å². The molecule has 0 atom stereocenters. The van der Waals surface area contributed by atoms with E-state index in [4.69, 9.17) is 5.73 Å². The summed E-state index contributed by atoms with van der Waals surface area (Å²) in [5.41, 5.74) is 8.54. The Bertz CT molecular complexity index is 589. The molecule has 2 rings (SSSR count). The van der Waals surface area contributed by atoms with Crippen molar-refractivity contribution < 1.29 is 4.92 Å². The van der Waals surface area contributed by atoms with Gasteiger partial charge in [-0.25, -0.2) is 4.68 Å². The predicted molar refractivity (Wildman–Crippen MR) is 64.1 cm³/mol. The fourth-order valence-electron chi connectivity index (χ4n) is 1.70. The van der Waals surface area contributed by atoms with Crippen LogP contribution < -0.4 is 5.73 Å². The van der Waals surface area contributed by atoms with Gasteiger partial charge < -0.3 is 5.73 Å². The van der Waals surface area contributed by atoms with E-state index in [1.807, 2.05) is 19.9 Å². The number of nitrogens with two attached hydrogens (primary N) is 1. The van der Waals surface area contributed by atoms with Crippen LogP contribution >= 0.6 is 0 Å². The standard InChI is InChI=1S/C11H12N4O2/c1-7-5-8(2)14(13-7)11-6-9(15(16)17)3-4-10(11)12/h3-6H,12H2,1-2H3. The molecule has 2 aromatic rings. The minimum absolute atomic E-state index is 0.00162. The quantitative estimate of drug-likeness (QED) is 0.487. The van der Waals surface area contributed by atoms with E-state index in [0.29, 0.717) is 11.4 Å². The molecule has 0 saturated heterocycles. The van der Waals surface area contributed by atoms with Crippen molar-refractivity contribution in [3.63, 3.8) is 0 Å². The van der Waals surface area contributed by atoms with E-state index in [2.05, 4.69) is 5.10 Å². The number of hydrogen-bond donors (Lipinski definition) is 1. The molecule has 17 heavy (non-hydrogen) atoms. The molecule has 1 aromatic carbocycles. The smallest absolute Gasteiger partial charge is 0.271 e. The number of nitro groups is 1. The van der Waals surface area contributed by atoms with Crippen molar-refractivity contribution in [1.82, 2.24) is 9.78 Å². The van der Waals surface area contributed by atoms with Crippen molar-refractivity contribution in [3.8, 4) is 5.69 Å². The maximum atomic E-state index is 10.7. The molecule has 1 heterocycles. The molecule has 0 saturated carbocycles. The number of aryl methyl sites for hydroxylation is 2. The third kappa shape index (κ3) is 1.96. The molecule has 0 spiro atoms. The second-order valence-electron chi connectivity index (χ2n) is 3.84. The number of nitro benzene ring substituents is 1. The molecule has 0 aliphatic rings. The van der Waals surface area contributed by atoms with E-state index < -0.39 is 4.92 Å². The molecule has 6 nitrogen and oxygen atoms in total. The number of nitrogens with zero attached hydrogens (tertiary/aromatic N) is 3. The first-order valence-corrected chi connectivity index (χ1v) is 5.06. The second-order valence-corrected chi connectivity index (χ2v) is 3.84. The molecule has 0 aliphatic heterocycles. The average Bonchev–Trinajstić information content (AvgIpc) is 2.58. The lowest BCUT2D eigenvalue weighted by Crippen LogP contribution is -2.04. The van der Waals surface area contributed by atoms with Crippen LogP contribution in [-0.2, 0) is 0 Å². The number of rotatable bonds is 2. The number of non-ortho nitro benzene ring substituents is 1. The van der Waals surface area contributed by atoms with E-state index in [0.717, 1.165) is 11.4 Å². The lowest BCUT2D eigenvalue weighted by molar-refractivity contribution is -0.384. The van der Waals surface area contributed by atoms with E-state index in [1.165, 1.54) is 18.2 Å². The van der Waals surface area contributed by atoms with E-state index >= 15 is 0 Å². The fourth-order valence-corrected chi connectivity index (χ4v) is 1.70. The highest BCUT2D eigenvalue weighted by molar-refractivity contribution is 5.62. The van der Waals surface area contributed by atoms with Gasteiger partial charge >= 0.3 is 0 Å². The van der Waals surface area contributed by atoms with Gasteiger partial charge in [-0.2, -0.15) is 5.10 Å². The Hall–Kier alpha value is -2.37. The summed E-state index contributed by atoms with van der Waals surface area (Å²) >= 11 is 0. The van der Waals surface area contributed by atoms with Crippen LogP contribution in [-0.4, -0.2) is 14.7 Å². The number of benzene rings is 1. The van der Waals surface area contributed by atoms with Gasteiger partial charge in [-0.15, -0.1) is 0 Å². The summed E-state index contributed by atoms with van der Waals surface area (Å²) in [6.45, 7) is 3.73. The van der Waals surface area contributed by atoms with Crippen LogP contribution in [0.5, 0.6) is 0 Å². The Morgan fingerprint density at radius 1 is 1.35 bits per heavy atom. The molecule has 88 valence electrons. The van der Waals surface area contributed by atoms with Crippen LogP contribution in [0, 0.1) is 24.0 Å². The van der Waals surface area contributed by atoms with Gasteiger partial charge in [-0.05, 0) is 26.0 Å². The van der Waals surface area contributed by atoms with Gasteiger partial charge in [0.15, 0.2) is 0 Å². The summed E-state index contributed by atoms with van der Waals surface area (Å²) in [4.78, 5) is 10.3. The molecule has 0 bridgehead atoms. The van der Waals surface area contributed by atoms with Crippen LogP contribution in [0.25, 0.3) is 5.69 Å². The topological polar surface area (TPSA) is 87.0 Å². The van der Waals surface area contributed by atoms with Crippen LogP contribution in [0.15, 0.2) is 24.3 Å². The van der Waals surface area contributed by atoms with Gasteiger partial charge in [-0.3, -0.25) is 10.1 Å². The van der Waals surface area contributed by atoms with Crippen molar-refractivity contribution in [2.75, 3.05) is 5.73 Å². The second kappa shape index (κ2) is 3.89. The maximum Gasteiger partial charge on any atom is 0.271 e. The third-order valence-electron chi connectivity index (χ3n) is 2.46. The van der Waals surface area contributed by atoms with Crippen LogP contribution in [0.4, 0.5) is 11.4 Å². The molecule has 2 N–H and O–H groups in total. The van der Waals surface area contributed by atoms with Crippen LogP contribution in [0.1, 0.15) is 11.4 Å². The number of anilines is 1. The first kappa shape index (κ1) is 11.1. The van der Waals surface area contributed by atoms with E-state index in [-0.39, 0.29) is 5.69 Å². The molecule has 0 aliphatic carbocycles. The first-order valence-electron chi connectivity index (χ1n) is 5.06. The summed E-state index contributed by atoms with van der Waals surface area (Å²) in [6, 6.07) is 6.21. The summed E-state index contributed by atoms with van der Waals surface area (Å²) in [6.07, 6.45) is 0. The number of aromatic nitrogens is 2. The van der Waals surface area contributed by atoms with Crippen molar-refractivity contribution in [3.05, 3.63) is 45.8 Å². The Balaban J connectivity index is 2.62. The minimum Gasteiger partial charge on any atom is -0.397 e. The monoisotopic (exact) mass is 232 g/mol. The van der Waals surface area contributed by atoms with Gasteiger partial charge in [0.1, 0.15) is 0 Å². The average molecular weight is 232 g/mol. The molecule has 0 radical (unpaired) electrons. The van der Waals surface area contributed by atoms with Crippen LogP contribution in [0.3, 0.4) is 0 Å². The highest BCUT2D eigenvalue weighted by Gasteiger charge is 2.12. The van der Waals surface area contributed by atoms with Crippen molar-refractivity contribution in [2.24, 2.45) is 0 Å². The van der Waals surface area contributed by atoms with Gasteiger partial charge in [0.25, 0.3) is 5.69 Å². The molecular weight excluding hydrogens is 220 g/mol. The maximum absolute atomic E-state index is 10.7. The third-order valence-corrected chi connectivity index (χ3v) is 2.46. The fraction of sp³-hybridized carbons (Fsp3) is 0.182. The zero-order valence-electron chi connectivity index (χ0n) is 9.54.